The third-order valence-electron chi connectivity index (χ3n) is 2.83. The summed E-state index contributed by atoms with van der Waals surface area (Å²) in [5, 5.41) is 6.34. The Bertz CT molecular complexity index is 188. The minimum atomic E-state index is 0.183. The average molecular weight is 213 g/mol. The molecule has 2 N–H and O–H groups in total. The van der Waals surface area contributed by atoms with E-state index in [-0.39, 0.29) is 5.91 Å². The summed E-state index contributed by atoms with van der Waals surface area (Å²) in [5.41, 5.74) is 0. The van der Waals surface area contributed by atoms with Gasteiger partial charge in [-0.1, -0.05) is 0 Å². The quantitative estimate of drug-likeness (QED) is 0.678. The second-order valence-electron chi connectivity index (χ2n) is 4.55. The predicted molar refractivity (Wildman–Crippen MR) is 61.8 cm³/mol. The van der Waals surface area contributed by atoms with Gasteiger partial charge in [-0.3, -0.25) is 4.79 Å². The summed E-state index contributed by atoms with van der Waals surface area (Å²) in [6, 6.07) is 0. The van der Waals surface area contributed by atoms with E-state index in [4.69, 9.17) is 0 Å². The highest BCUT2D eigenvalue weighted by atomic mass is 16.1. The third-order valence-corrected chi connectivity index (χ3v) is 2.83. The van der Waals surface area contributed by atoms with Crippen molar-refractivity contribution in [3.05, 3.63) is 0 Å². The minimum Gasteiger partial charge on any atom is -0.356 e. The Hall–Kier alpha value is -0.610. The largest absolute Gasteiger partial charge is 0.356 e. The molecule has 0 saturated carbocycles. The fraction of sp³-hybridized carbons (Fsp3) is 0.909. The van der Waals surface area contributed by atoms with E-state index in [0.717, 1.165) is 26.2 Å². The number of nitrogens with one attached hydrogen (secondary N) is 2. The van der Waals surface area contributed by atoms with Crippen molar-refractivity contribution in [2.75, 3.05) is 40.3 Å². The maximum absolute atomic E-state index is 11.4. The van der Waals surface area contributed by atoms with Gasteiger partial charge >= 0.3 is 0 Å². The van der Waals surface area contributed by atoms with Crippen molar-refractivity contribution in [1.82, 2.24) is 15.5 Å². The molecule has 0 aromatic carbocycles. The highest BCUT2D eigenvalue weighted by Gasteiger charge is 2.13. The van der Waals surface area contributed by atoms with Crippen LogP contribution in [0, 0.1) is 5.92 Å². The summed E-state index contributed by atoms with van der Waals surface area (Å²) in [5.74, 6) is 0.858. The lowest BCUT2D eigenvalue weighted by Crippen LogP contribution is -2.36. The van der Waals surface area contributed by atoms with Crippen LogP contribution in [0.4, 0.5) is 0 Å². The number of rotatable bonds is 5. The average Bonchev–Trinajstić information content (AvgIpc) is 2.25. The summed E-state index contributed by atoms with van der Waals surface area (Å²) in [6.45, 7) is 3.88. The Balaban J connectivity index is 2.05. The molecule has 15 heavy (non-hydrogen) atoms. The van der Waals surface area contributed by atoms with Crippen LogP contribution in [-0.4, -0.2) is 51.1 Å². The van der Waals surface area contributed by atoms with Crippen molar-refractivity contribution in [3.63, 3.8) is 0 Å². The lowest BCUT2D eigenvalue weighted by Gasteiger charge is -2.22. The summed E-state index contributed by atoms with van der Waals surface area (Å²) in [4.78, 5) is 13.5. The maximum Gasteiger partial charge on any atom is 0.221 e. The fourth-order valence-corrected chi connectivity index (χ4v) is 1.76. The highest BCUT2D eigenvalue weighted by Crippen LogP contribution is 2.09. The molecule has 1 amide bonds. The van der Waals surface area contributed by atoms with Crippen LogP contribution >= 0.6 is 0 Å². The van der Waals surface area contributed by atoms with Crippen LogP contribution in [0.1, 0.15) is 19.3 Å². The van der Waals surface area contributed by atoms with E-state index in [2.05, 4.69) is 10.6 Å². The topological polar surface area (TPSA) is 44.4 Å². The van der Waals surface area contributed by atoms with Crippen LogP contribution in [0.2, 0.25) is 0 Å². The van der Waals surface area contributed by atoms with Crippen LogP contribution in [-0.2, 0) is 4.79 Å². The number of hydrogen-bond acceptors (Lipinski definition) is 3. The first-order valence-corrected chi connectivity index (χ1v) is 5.80. The number of carbonyl (C=O) groups is 1. The predicted octanol–water partition coefficient (Wildman–Crippen LogP) is 0.0539. The van der Waals surface area contributed by atoms with Crippen molar-refractivity contribution in [2.24, 2.45) is 5.92 Å². The lowest BCUT2D eigenvalue weighted by molar-refractivity contribution is -0.121. The molecule has 0 atom stereocenters. The van der Waals surface area contributed by atoms with Crippen LogP contribution < -0.4 is 10.6 Å². The van der Waals surface area contributed by atoms with Gasteiger partial charge < -0.3 is 15.5 Å². The monoisotopic (exact) mass is 213 g/mol. The van der Waals surface area contributed by atoms with E-state index in [1.807, 2.05) is 19.0 Å². The standard InChI is InChI=1S/C11H23N3O/c1-14(2)8-5-11(15)13-9-10-3-6-12-7-4-10/h10,12H,3-9H2,1-2H3,(H,13,15). The molecule has 4 heteroatoms. The molecule has 0 aromatic rings. The number of carbonyl (C=O) groups excluding carboxylic acids is 1. The zero-order valence-electron chi connectivity index (χ0n) is 9.88. The van der Waals surface area contributed by atoms with Crippen molar-refractivity contribution in [1.29, 1.82) is 0 Å². The fourth-order valence-electron chi connectivity index (χ4n) is 1.76. The SMILES string of the molecule is CN(C)CCC(=O)NCC1CCNCC1. The van der Waals surface area contributed by atoms with Gasteiger partial charge in [0.05, 0.1) is 0 Å². The molecule has 88 valence electrons. The molecule has 0 radical (unpaired) electrons. The van der Waals surface area contributed by atoms with Gasteiger partial charge in [0.2, 0.25) is 5.91 Å². The third kappa shape index (κ3) is 5.74. The molecule has 0 aromatic heterocycles. The van der Waals surface area contributed by atoms with Gasteiger partial charge in [-0.2, -0.15) is 0 Å². The Morgan fingerprint density at radius 2 is 2.07 bits per heavy atom. The first-order valence-electron chi connectivity index (χ1n) is 5.80. The van der Waals surface area contributed by atoms with Gasteiger partial charge in [0.1, 0.15) is 0 Å². The molecule has 1 heterocycles. The van der Waals surface area contributed by atoms with Gasteiger partial charge in [-0.15, -0.1) is 0 Å². The smallest absolute Gasteiger partial charge is 0.221 e. The van der Waals surface area contributed by atoms with Crippen LogP contribution in [0.5, 0.6) is 0 Å². The van der Waals surface area contributed by atoms with Crippen molar-refractivity contribution < 1.29 is 4.79 Å². The molecular weight excluding hydrogens is 190 g/mol. The van der Waals surface area contributed by atoms with Crippen LogP contribution in [0.25, 0.3) is 0 Å². The van der Waals surface area contributed by atoms with Gasteiger partial charge in [0, 0.05) is 19.5 Å². The molecule has 4 nitrogen and oxygen atoms in total. The summed E-state index contributed by atoms with van der Waals surface area (Å²) >= 11 is 0. The summed E-state index contributed by atoms with van der Waals surface area (Å²) in [7, 11) is 3.97. The molecule has 1 saturated heterocycles. The van der Waals surface area contributed by atoms with Crippen molar-refractivity contribution >= 4 is 5.91 Å². The maximum atomic E-state index is 11.4. The first kappa shape index (κ1) is 12.5. The Morgan fingerprint density at radius 3 is 2.67 bits per heavy atom. The Labute approximate surface area is 92.4 Å². The van der Waals surface area contributed by atoms with Gasteiger partial charge in [0.15, 0.2) is 0 Å². The first-order chi connectivity index (χ1) is 7.18. The minimum absolute atomic E-state index is 0.183. The van der Waals surface area contributed by atoms with Crippen LogP contribution in [0.3, 0.4) is 0 Å². The van der Waals surface area contributed by atoms with Crippen LogP contribution in [0.15, 0.2) is 0 Å². The molecule has 1 aliphatic heterocycles. The number of hydrogen-bond donors (Lipinski definition) is 2. The molecule has 0 aliphatic carbocycles. The van der Waals surface area contributed by atoms with Gasteiger partial charge in [0.25, 0.3) is 0 Å². The van der Waals surface area contributed by atoms with Crippen molar-refractivity contribution in [3.8, 4) is 0 Å². The molecule has 1 aliphatic rings. The highest BCUT2D eigenvalue weighted by molar-refractivity contribution is 5.76. The van der Waals surface area contributed by atoms with Crippen molar-refractivity contribution in [2.45, 2.75) is 19.3 Å². The van der Waals surface area contributed by atoms with E-state index in [1.54, 1.807) is 0 Å². The normalized spacial score (nSPS) is 18.1. The van der Waals surface area contributed by atoms with E-state index < -0.39 is 0 Å². The molecule has 0 bridgehead atoms. The Morgan fingerprint density at radius 1 is 1.40 bits per heavy atom. The van der Waals surface area contributed by atoms with E-state index in [9.17, 15) is 4.79 Å². The van der Waals surface area contributed by atoms with E-state index in [0.29, 0.717) is 12.3 Å². The molecule has 0 unspecified atom stereocenters. The zero-order valence-corrected chi connectivity index (χ0v) is 9.88. The molecular formula is C11H23N3O. The zero-order chi connectivity index (χ0) is 11.1. The van der Waals surface area contributed by atoms with Gasteiger partial charge in [-0.05, 0) is 45.9 Å². The molecule has 1 fully saturated rings. The number of amides is 1. The summed E-state index contributed by atoms with van der Waals surface area (Å²) in [6.07, 6.45) is 2.99. The van der Waals surface area contributed by atoms with E-state index in [1.165, 1.54) is 12.8 Å². The molecule has 1 rings (SSSR count). The number of nitrogens with zero attached hydrogens (tertiary/aromatic N) is 1. The second kappa shape index (κ2) is 6.80. The molecule has 0 spiro atoms. The lowest BCUT2D eigenvalue weighted by atomic mass is 9.98. The Kier molecular flexibility index (Phi) is 5.65. The van der Waals surface area contributed by atoms with E-state index >= 15 is 0 Å². The van der Waals surface area contributed by atoms with Gasteiger partial charge in [-0.25, -0.2) is 0 Å². The summed E-state index contributed by atoms with van der Waals surface area (Å²) < 4.78 is 0. The second-order valence-corrected chi connectivity index (χ2v) is 4.55. The number of piperidine rings is 1.